The van der Waals surface area contributed by atoms with Crippen molar-refractivity contribution in [3.63, 3.8) is 0 Å². The van der Waals surface area contributed by atoms with Crippen LogP contribution in [0, 0.1) is 0 Å². The zero-order valence-corrected chi connectivity index (χ0v) is 12.4. The van der Waals surface area contributed by atoms with E-state index in [0.29, 0.717) is 10.7 Å². The van der Waals surface area contributed by atoms with Gasteiger partial charge in [0.1, 0.15) is 11.0 Å². The SMILES string of the molecule is CC(C)(C)S(=O)/N=C(/CCl)c1ccc(Cl)cc1. The largest absolute Gasteiger partial charge is 0.234 e. The van der Waals surface area contributed by atoms with Gasteiger partial charge in [-0.1, -0.05) is 23.7 Å². The molecule has 94 valence electrons. The normalized spacial score (nSPS) is 14.8. The van der Waals surface area contributed by atoms with Crippen molar-refractivity contribution >= 4 is 39.9 Å². The van der Waals surface area contributed by atoms with Crippen molar-refractivity contribution < 1.29 is 4.21 Å². The van der Waals surface area contributed by atoms with Crippen molar-refractivity contribution in [3.05, 3.63) is 34.9 Å². The highest BCUT2D eigenvalue weighted by molar-refractivity contribution is 7.85. The maximum Gasteiger partial charge on any atom is 0.145 e. The molecule has 0 saturated carbocycles. The summed E-state index contributed by atoms with van der Waals surface area (Å²) in [7, 11) is -1.30. The molecule has 5 heteroatoms. The quantitative estimate of drug-likeness (QED) is 0.615. The van der Waals surface area contributed by atoms with E-state index < -0.39 is 11.0 Å². The fraction of sp³-hybridized carbons (Fsp3) is 0.417. The second-order valence-corrected chi connectivity index (χ2v) is 7.15. The van der Waals surface area contributed by atoms with Crippen molar-refractivity contribution in [3.8, 4) is 0 Å². The molecule has 0 fully saturated rings. The molecule has 0 aromatic heterocycles. The van der Waals surface area contributed by atoms with Crippen molar-refractivity contribution in [2.24, 2.45) is 4.40 Å². The van der Waals surface area contributed by atoms with Gasteiger partial charge in [-0.2, -0.15) is 4.40 Å². The second kappa shape index (κ2) is 5.98. The Morgan fingerprint density at radius 3 is 2.24 bits per heavy atom. The van der Waals surface area contributed by atoms with Gasteiger partial charge >= 0.3 is 0 Å². The monoisotopic (exact) mass is 291 g/mol. The summed E-state index contributed by atoms with van der Waals surface area (Å²) in [6.45, 7) is 5.63. The van der Waals surface area contributed by atoms with Crippen LogP contribution < -0.4 is 0 Å². The highest BCUT2D eigenvalue weighted by Crippen LogP contribution is 2.16. The highest BCUT2D eigenvalue weighted by Gasteiger charge is 2.19. The van der Waals surface area contributed by atoms with E-state index in [1.807, 2.05) is 32.9 Å². The van der Waals surface area contributed by atoms with Crippen LogP contribution in [-0.4, -0.2) is 20.5 Å². The zero-order chi connectivity index (χ0) is 13.1. The fourth-order valence-corrected chi connectivity index (χ4v) is 2.09. The number of alkyl halides is 1. The standard InChI is InChI=1S/C12H15Cl2NOS/c1-12(2,3)17(16)15-11(8-13)9-4-6-10(14)7-5-9/h4-7H,8H2,1-3H3/b15-11-. The second-order valence-electron chi connectivity index (χ2n) is 4.54. The third kappa shape index (κ3) is 4.41. The van der Waals surface area contributed by atoms with Gasteiger partial charge in [0, 0.05) is 5.02 Å². The molecule has 0 aliphatic heterocycles. The number of hydrogen-bond donors (Lipinski definition) is 0. The van der Waals surface area contributed by atoms with Crippen LogP contribution >= 0.6 is 23.2 Å². The van der Waals surface area contributed by atoms with Crippen LogP contribution in [0.3, 0.4) is 0 Å². The van der Waals surface area contributed by atoms with Gasteiger partial charge in [0.25, 0.3) is 0 Å². The van der Waals surface area contributed by atoms with E-state index in [0.717, 1.165) is 5.56 Å². The van der Waals surface area contributed by atoms with E-state index in [4.69, 9.17) is 23.2 Å². The average Bonchev–Trinajstić information content (AvgIpc) is 2.25. The van der Waals surface area contributed by atoms with Gasteiger partial charge in [0.2, 0.25) is 0 Å². The summed E-state index contributed by atoms with van der Waals surface area (Å²) in [5.74, 6) is 0.226. The van der Waals surface area contributed by atoms with Crippen LogP contribution in [0.5, 0.6) is 0 Å². The van der Waals surface area contributed by atoms with E-state index in [9.17, 15) is 4.21 Å². The Balaban J connectivity index is 3.04. The van der Waals surface area contributed by atoms with Gasteiger partial charge in [-0.3, -0.25) is 0 Å². The molecule has 0 radical (unpaired) electrons. The summed E-state index contributed by atoms with van der Waals surface area (Å²) in [5.41, 5.74) is 1.47. The molecule has 1 aromatic rings. The van der Waals surface area contributed by atoms with Crippen LogP contribution in [0.25, 0.3) is 0 Å². The average molecular weight is 292 g/mol. The summed E-state index contributed by atoms with van der Waals surface area (Å²) in [4.78, 5) is 0. The smallest absolute Gasteiger partial charge is 0.145 e. The van der Waals surface area contributed by atoms with Crippen molar-refractivity contribution in [1.82, 2.24) is 0 Å². The van der Waals surface area contributed by atoms with Crippen LogP contribution in [0.15, 0.2) is 28.7 Å². The minimum atomic E-state index is -1.30. The molecule has 0 spiro atoms. The molecular formula is C12H15Cl2NOS. The molecule has 0 bridgehead atoms. The predicted octanol–water partition coefficient (Wildman–Crippen LogP) is 3.83. The molecule has 0 heterocycles. The number of nitrogens with zero attached hydrogens (tertiary/aromatic N) is 1. The Labute approximate surface area is 115 Å². The lowest BCUT2D eigenvalue weighted by Crippen LogP contribution is -2.21. The Morgan fingerprint density at radius 2 is 1.82 bits per heavy atom. The minimum absolute atomic E-state index is 0.226. The van der Waals surface area contributed by atoms with Crippen LogP contribution in [-0.2, 0) is 11.0 Å². The lowest BCUT2D eigenvalue weighted by molar-refractivity contribution is 0.650. The van der Waals surface area contributed by atoms with Crippen LogP contribution in [0.4, 0.5) is 0 Å². The Morgan fingerprint density at radius 1 is 1.29 bits per heavy atom. The molecule has 0 amide bonds. The van der Waals surface area contributed by atoms with Gasteiger partial charge < -0.3 is 0 Å². The summed E-state index contributed by atoms with van der Waals surface area (Å²) >= 11 is 11.6. The van der Waals surface area contributed by atoms with Crippen molar-refractivity contribution in [1.29, 1.82) is 0 Å². The van der Waals surface area contributed by atoms with Gasteiger partial charge in [0.15, 0.2) is 0 Å². The van der Waals surface area contributed by atoms with Crippen LogP contribution in [0.2, 0.25) is 5.02 Å². The summed E-state index contributed by atoms with van der Waals surface area (Å²) in [6.07, 6.45) is 0. The molecule has 2 nitrogen and oxygen atoms in total. The lowest BCUT2D eigenvalue weighted by Gasteiger charge is -2.14. The molecule has 1 rings (SSSR count). The Kier molecular flexibility index (Phi) is 5.17. The van der Waals surface area contributed by atoms with Crippen molar-refractivity contribution in [2.75, 3.05) is 5.88 Å². The molecule has 1 aromatic carbocycles. The first-order chi connectivity index (χ1) is 7.84. The first-order valence-electron chi connectivity index (χ1n) is 5.16. The van der Waals surface area contributed by atoms with Gasteiger partial charge in [0.05, 0.1) is 16.3 Å². The summed E-state index contributed by atoms with van der Waals surface area (Å²) in [5, 5.41) is 0.652. The molecule has 0 saturated heterocycles. The number of hydrogen-bond acceptors (Lipinski definition) is 1. The zero-order valence-electron chi connectivity index (χ0n) is 10.0. The van der Waals surface area contributed by atoms with Crippen LogP contribution in [0.1, 0.15) is 26.3 Å². The Hall–Kier alpha value is -0.380. The number of rotatable bonds is 3. The molecule has 0 N–H and O–H groups in total. The predicted molar refractivity (Wildman–Crippen MR) is 76.6 cm³/mol. The first-order valence-corrected chi connectivity index (χ1v) is 7.18. The third-order valence-electron chi connectivity index (χ3n) is 2.02. The minimum Gasteiger partial charge on any atom is -0.234 e. The number of halogens is 2. The highest BCUT2D eigenvalue weighted by atomic mass is 35.5. The lowest BCUT2D eigenvalue weighted by atomic mass is 10.1. The van der Waals surface area contributed by atoms with E-state index >= 15 is 0 Å². The molecular weight excluding hydrogens is 277 g/mol. The fourth-order valence-electron chi connectivity index (χ4n) is 1.03. The van der Waals surface area contributed by atoms with Gasteiger partial charge in [-0.25, -0.2) is 4.21 Å². The molecule has 0 aliphatic carbocycles. The molecule has 1 atom stereocenters. The first kappa shape index (κ1) is 14.7. The van der Waals surface area contributed by atoms with Gasteiger partial charge in [-0.05, 0) is 38.5 Å². The molecule has 17 heavy (non-hydrogen) atoms. The maximum atomic E-state index is 11.9. The maximum absolute atomic E-state index is 11.9. The van der Waals surface area contributed by atoms with E-state index in [1.165, 1.54) is 0 Å². The Bertz CT molecular complexity index is 435. The summed E-state index contributed by atoms with van der Waals surface area (Å²) < 4.78 is 15.7. The number of benzene rings is 1. The molecule has 1 unspecified atom stereocenters. The topological polar surface area (TPSA) is 29.4 Å². The summed E-state index contributed by atoms with van der Waals surface area (Å²) in [6, 6.07) is 7.17. The van der Waals surface area contributed by atoms with E-state index in [2.05, 4.69) is 4.40 Å². The van der Waals surface area contributed by atoms with Gasteiger partial charge in [-0.15, -0.1) is 11.6 Å². The third-order valence-corrected chi connectivity index (χ3v) is 3.96. The van der Waals surface area contributed by atoms with Crippen molar-refractivity contribution in [2.45, 2.75) is 25.5 Å². The van der Waals surface area contributed by atoms with E-state index in [-0.39, 0.29) is 10.6 Å². The molecule has 0 aliphatic rings. The van der Waals surface area contributed by atoms with E-state index in [1.54, 1.807) is 12.1 Å².